The molecule has 2 heterocycles. The number of hydrogen-bond donors (Lipinski definition) is 1. The fourth-order valence-electron chi connectivity index (χ4n) is 2.59. The van der Waals surface area contributed by atoms with Crippen LogP contribution in [0.2, 0.25) is 0 Å². The zero-order chi connectivity index (χ0) is 8.55. The Morgan fingerprint density at radius 2 is 2.33 bits per heavy atom. The maximum absolute atomic E-state index is 9.79. The van der Waals surface area contributed by atoms with Crippen molar-refractivity contribution in [2.75, 3.05) is 0 Å². The minimum absolute atomic E-state index is 0.106. The first-order chi connectivity index (χ1) is 5.81. The fourth-order valence-corrected chi connectivity index (χ4v) is 2.59. The van der Waals surface area contributed by atoms with Crippen molar-refractivity contribution in [3.8, 4) is 0 Å². The molecule has 0 radical (unpaired) electrons. The number of aliphatic hydroxyl groups excluding tert-OH is 1. The van der Waals surface area contributed by atoms with Gasteiger partial charge in [-0.15, -0.1) is 0 Å². The summed E-state index contributed by atoms with van der Waals surface area (Å²) in [6.45, 7) is 2.12. The van der Waals surface area contributed by atoms with E-state index in [9.17, 15) is 5.11 Å². The molecule has 0 amide bonds. The molecule has 0 aromatic carbocycles. The van der Waals surface area contributed by atoms with Crippen molar-refractivity contribution in [3.05, 3.63) is 0 Å². The summed E-state index contributed by atoms with van der Waals surface area (Å²) in [5, 5.41) is 9.79. The maximum Gasteiger partial charge on any atom is 0.0633 e. The van der Waals surface area contributed by atoms with Gasteiger partial charge < -0.3 is 9.84 Å². The molecule has 0 aromatic rings. The Labute approximate surface area is 73.9 Å². The van der Waals surface area contributed by atoms with Crippen LogP contribution >= 0.6 is 0 Å². The minimum Gasteiger partial charge on any atom is -0.393 e. The van der Waals surface area contributed by atoms with Crippen molar-refractivity contribution < 1.29 is 9.84 Å². The summed E-state index contributed by atoms with van der Waals surface area (Å²) in [4.78, 5) is 0. The van der Waals surface area contributed by atoms with Crippen LogP contribution in [0.15, 0.2) is 0 Å². The number of ether oxygens (including phenoxy) is 1. The predicted molar refractivity (Wildman–Crippen MR) is 46.9 cm³/mol. The molecule has 0 spiro atoms. The average molecular weight is 170 g/mol. The van der Waals surface area contributed by atoms with Crippen LogP contribution in [0.4, 0.5) is 0 Å². The van der Waals surface area contributed by atoms with Gasteiger partial charge in [0, 0.05) is 5.92 Å². The van der Waals surface area contributed by atoms with E-state index in [4.69, 9.17) is 4.74 Å². The number of fused-ring (bicyclic) bond motifs is 2. The molecule has 12 heavy (non-hydrogen) atoms. The smallest absolute Gasteiger partial charge is 0.0633 e. The molecule has 2 bridgehead atoms. The third-order valence-corrected chi connectivity index (χ3v) is 3.23. The van der Waals surface area contributed by atoms with Crippen molar-refractivity contribution in [2.24, 2.45) is 5.92 Å². The van der Waals surface area contributed by atoms with E-state index in [1.165, 1.54) is 12.8 Å². The average Bonchev–Trinajstić information content (AvgIpc) is 2.64. The van der Waals surface area contributed by atoms with Crippen molar-refractivity contribution >= 4 is 0 Å². The monoisotopic (exact) mass is 170 g/mol. The van der Waals surface area contributed by atoms with Crippen LogP contribution in [-0.2, 0) is 4.74 Å². The van der Waals surface area contributed by atoms with Gasteiger partial charge in [0.2, 0.25) is 0 Å². The van der Waals surface area contributed by atoms with E-state index in [1.54, 1.807) is 0 Å². The van der Waals surface area contributed by atoms with Crippen LogP contribution in [0.25, 0.3) is 0 Å². The molecular formula is C10H18O2. The summed E-state index contributed by atoms with van der Waals surface area (Å²) >= 11 is 0. The van der Waals surface area contributed by atoms with Gasteiger partial charge in [-0.05, 0) is 25.7 Å². The molecule has 2 aliphatic rings. The molecule has 2 fully saturated rings. The van der Waals surface area contributed by atoms with Gasteiger partial charge in [0.25, 0.3) is 0 Å². The van der Waals surface area contributed by atoms with Crippen molar-refractivity contribution in [1.82, 2.24) is 0 Å². The van der Waals surface area contributed by atoms with Crippen LogP contribution in [0, 0.1) is 5.92 Å². The van der Waals surface area contributed by atoms with Gasteiger partial charge >= 0.3 is 0 Å². The molecule has 4 atom stereocenters. The third kappa shape index (κ3) is 1.38. The molecule has 70 valence electrons. The molecule has 1 N–H and O–H groups in total. The maximum atomic E-state index is 9.79. The van der Waals surface area contributed by atoms with Gasteiger partial charge in [-0.25, -0.2) is 0 Å². The van der Waals surface area contributed by atoms with Gasteiger partial charge in [-0.2, -0.15) is 0 Å². The Kier molecular flexibility index (Phi) is 2.37. The lowest BCUT2D eigenvalue weighted by atomic mass is 9.84. The molecule has 0 aromatic heterocycles. The second-order valence-corrected chi connectivity index (χ2v) is 4.13. The standard InChI is InChI=1S/C10H18O2/c1-2-3-9(11)8-6-7-4-5-10(8)12-7/h7-11H,2-6H2,1H3/t7?,8?,9-,10?/m1/s1. The Morgan fingerprint density at radius 3 is 2.83 bits per heavy atom. The van der Waals surface area contributed by atoms with E-state index in [1.807, 2.05) is 0 Å². The Balaban J connectivity index is 1.89. The lowest BCUT2D eigenvalue weighted by Gasteiger charge is -2.23. The van der Waals surface area contributed by atoms with Crippen LogP contribution in [-0.4, -0.2) is 23.4 Å². The summed E-state index contributed by atoms with van der Waals surface area (Å²) in [6, 6.07) is 0. The first-order valence-electron chi connectivity index (χ1n) is 5.14. The van der Waals surface area contributed by atoms with Crippen molar-refractivity contribution in [1.29, 1.82) is 0 Å². The van der Waals surface area contributed by atoms with E-state index < -0.39 is 0 Å². The van der Waals surface area contributed by atoms with Gasteiger partial charge in [-0.3, -0.25) is 0 Å². The SMILES string of the molecule is CCC[C@@H](O)C1CC2CCC1O2. The molecule has 2 nitrogen and oxygen atoms in total. The summed E-state index contributed by atoms with van der Waals surface area (Å²) in [7, 11) is 0. The second-order valence-electron chi connectivity index (χ2n) is 4.13. The van der Waals surface area contributed by atoms with Gasteiger partial charge in [-0.1, -0.05) is 13.3 Å². The summed E-state index contributed by atoms with van der Waals surface area (Å²) < 4.78 is 5.69. The van der Waals surface area contributed by atoms with Gasteiger partial charge in [0.1, 0.15) is 0 Å². The first-order valence-corrected chi connectivity index (χ1v) is 5.14. The van der Waals surface area contributed by atoms with Crippen molar-refractivity contribution in [3.63, 3.8) is 0 Å². The van der Waals surface area contributed by atoms with Gasteiger partial charge in [0.15, 0.2) is 0 Å². The molecule has 2 rings (SSSR count). The Morgan fingerprint density at radius 1 is 1.50 bits per heavy atom. The van der Waals surface area contributed by atoms with Crippen LogP contribution in [0.5, 0.6) is 0 Å². The molecule has 2 heteroatoms. The quantitative estimate of drug-likeness (QED) is 0.698. The normalized spacial score (nSPS) is 42.0. The molecule has 0 saturated carbocycles. The highest BCUT2D eigenvalue weighted by molar-refractivity contribution is 4.92. The van der Waals surface area contributed by atoms with E-state index in [2.05, 4.69) is 6.92 Å². The van der Waals surface area contributed by atoms with E-state index in [-0.39, 0.29) is 6.10 Å². The Hall–Kier alpha value is -0.0800. The molecule has 2 aliphatic heterocycles. The van der Waals surface area contributed by atoms with Crippen LogP contribution in [0.1, 0.15) is 39.0 Å². The minimum atomic E-state index is -0.106. The highest BCUT2D eigenvalue weighted by Crippen LogP contribution is 2.41. The lowest BCUT2D eigenvalue weighted by Crippen LogP contribution is -2.29. The number of hydrogen-bond acceptors (Lipinski definition) is 2. The first kappa shape index (κ1) is 8.52. The highest BCUT2D eigenvalue weighted by atomic mass is 16.5. The van der Waals surface area contributed by atoms with Crippen molar-refractivity contribution in [2.45, 2.75) is 57.3 Å². The number of aliphatic hydroxyl groups is 1. The molecule has 2 saturated heterocycles. The molecule has 0 aliphatic carbocycles. The zero-order valence-electron chi connectivity index (χ0n) is 7.70. The zero-order valence-corrected chi connectivity index (χ0v) is 7.70. The molecule has 3 unspecified atom stereocenters. The van der Waals surface area contributed by atoms with E-state index in [0.717, 1.165) is 19.3 Å². The van der Waals surface area contributed by atoms with E-state index >= 15 is 0 Å². The summed E-state index contributed by atoms with van der Waals surface area (Å²) in [5.74, 6) is 0.448. The Bertz CT molecular complexity index is 158. The highest BCUT2D eigenvalue weighted by Gasteiger charge is 2.43. The molecular weight excluding hydrogens is 152 g/mol. The van der Waals surface area contributed by atoms with E-state index in [0.29, 0.717) is 18.1 Å². The summed E-state index contributed by atoms with van der Waals surface area (Å²) in [5.41, 5.74) is 0. The second kappa shape index (κ2) is 3.35. The summed E-state index contributed by atoms with van der Waals surface area (Å²) in [6.07, 6.45) is 6.28. The number of rotatable bonds is 3. The van der Waals surface area contributed by atoms with Crippen LogP contribution in [0.3, 0.4) is 0 Å². The fraction of sp³-hybridized carbons (Fsp3) is 1.00. The lowest BCUT2D eigenvalue weighted by molar-refractivity contribution is 0.0386. The van der Waals surface area contributed by atoms with Gasteiger partial charge in [0.05, 0.1) is 18.3 Å². The largest absolute Gasteiger partial charge is 0.393 e. The topological polar surface area (TPSA) is 29.5 Å². The van der Waals surface area contributed by atoms with Crippen LogP contribution < -0.4 is 0 Å². The predicted octanol–water partition coefficient (Wildman–Crippen LogP) is 1.71. The third-order valence-electron chi connectivity index (χ3n) is 3.23.